The second-order valence-electron chi connectivity index (χ2n) is 10.00. The first-order valence-corrected chi connectivity index (χ1v) is 15.8. The number of ether oxygens (including phenoxy) is 1. The van der Waals surface area contributed by atoms with Gasteiger partial charge in [0.2, 0.25) is 0 Å². The van der Waals surface area contributed by atoms with Crippen molar-refractivity contribution in [2.75, 3.05) is 18.1 Å². The normalized spacial score (nSPS) is 11.2. The highest BCUT2D eigenvalue weighted by atomic mass is 32.1. The lowest BCUT2D eigenvalue weighted by atomic mass is 10.1. The van der Waals surface area contributed by atoms with Gasteiger partial charge in [-0.2, -0.15) is 0 Å². The second-order valence-corrected chi connectivity index (χ2v) is 12.1. The molecule has 41 heavy (non-hydrogen) atoms. The molecule has 0 aliphatic carbocycles. The third-order valence-electron chi connectivity index (χ3n) is 6.64. The average molecular weight is 584 g/mol. The van der Waals surface area contributed by atoms with Gasteiger partial charge in [0, 0.05) is 48.3 Å². The number of hydrogen-bond acceptors (Lipinski definition) is 8. The van der Waals surface area contributed by atoms with Crippen LogP contribution in [0.25, 0.3) is 0 Å². The minimum atomic E-state index is 0.659. The van der Waals surface area contributed by atoms with Crippen LogP contribution in [-0.2, 0) is 32.7 Å². The number of nitrogens with zero attached hydrogens (tertiary/aromatic N) is 4. The number of aromatic nitrogens is 2. The maximum Gasteiger partial charge on any atom is 0.129 e. The molecule has 0 radical (unpaired) electrons. The molecule has 0 unspecified atom stereocenters. The molecule has 0 saturated carbocycles. The van der Waals surface area contributed by atoms with Gasteiger partial charge < -0.3 is 15.4 Å². The smallest absolute Gasteiger partial charge is 0.129 e. The van der Waals surface area contributed by atoms with Crippen molar-refractivity contribution in [1.29, 1.82) is 0 Å². The Morgan fingerprint density at radius 3 is 2.07 bits per heavy atom. The Hall–Kier alpha value is -3.56. The van der Waals surface area contributed by atoms with E-state index in [1.54, 1.807) is 22.7 Å². The Morgan fingerprint density at radius 1 is 0.683 bits per heavy atom. The Kier molecular flexibility index (Phi) is 10.9. The van der Waals surface area contributed by atoms with Crippen LogP contribution in [0.3, 0.4) is 0 Å². The molecule has 0 saturated heterocycles. The zero-order valence-corrected chi connectivity index (χ0v) is 24.9. The van der Waals surface area contributed by atoms with E-state index in [0.717, 1.165) is 62.8 Å². The third-order valence-corrected chi connectivity index (χ3v) is 8.37. The topological polar surface area (TPSA) is 67.5 Å². The highest BCUT2D eigenvalue weighted by Gasteiger charge is 2.15. The monoisotopic (exact) mass is 583 g/mol. The van der Waals surface area contributed by atoms with E-state index in [0.29, 0.717) is 13.2 Å². The summed E-state index contributed by atoms with van der Waals surface area (Å²) in [7, 11) is 0. The maximum absolute atomic E-state index is 6.27. The van der Waals surface area contributed by atoms with Crippen molar-refractivity contribution >= 4 is 28.5 Å². The Morgan fingerprint density at radius 2 is 1.41 bits per heavy atom. The molecule has 0 amide bonds. The van der Waals surface area contributed by atoms with Gasteiger partial charge in [0.1, 0.15) is 11.6 Å². The summed E-state index contributed by atoms with van der Waals surface area (Å²) in [5.74, 6) is 1.87. The molecule has 0 atom stereocenters. The van der Waals surface area contributed by atoms with E-state index >= 15 is 0 Å². The first-order valence-electron chi connectivity index (χ1n) is 14.0. The standard InChI is InChI=1S/C33H37N5OS2/c34-13-3-6-16-39-30-20-27(22-37(25-31-10-7-17-40-31)24-29-9-1-4-14-35-29)19-28(21-30)23-38(26-32-11-8-18-41-32)33-12-2-5-15-36-33/h1-2,4-5,7-12,14-15,17-21H,3,6,13,16,22-26,34H2. The van der Waals surface area contributed by atoms with E-state index in [4.69, 9.17) is 10.5 Å². The van der Waals surface area contributed by atoms with Gasteiger partial charge in [-0.05, 0) is 89.8 Å². The molecule has 4 aromatic heterocycles. The van der Waals surface area contributed by atoms with Gasteiger partial charge >= 0.3 is 0 Å². The first-order chi connectivity index (χ1) is 20.2. The Labute approximate surface area is 251 Å². The molecule has 212 valence electrons. The van der Waals surface area contributed by atoms with Crippen molar-refractivity contribution in [3.63, 3.8) is 0 Å². The summed E-state index contributed by atoms with van der Waals surface area (Å²) in [4.78, 5) is 16.7. The molecule has 8 heteroatoms. The molecule has 5 aromatic rings. The minimum Gasteiger partial charge on any atom is -0.494 e. The van der Waals surface area contributed by atoms with Gasteiger partial charge in [-0.25, -0.2) is 4.98 Å². The van der Waals surface area contributed by atoms with Crippen LogP contribution in [0, 0.1) is 0 Å². The Balaban J connectivity index is 1.41. The van der Waals surface area contributed by atoms with E-state index in [2.05, 4.69) is 91.2 Å². The summed E-state index contributed by atoms with van der Waals surface area (Å²) in [5.41, 5.74) is 9.21. The van der Waals surface area contributed by atoms with Crippen LogP contribution in [0.15, 0.2) is 102 Å². The largest absolute Gasteiger partial charge is 0.494 e. The quantitative estimate of drug-likeness (QED) is 0.125. The summed E-state index contributed by atoms with van der Waals surface area (Å²) in [6, 6.07) is 27.5. The van der Waals surface area contributed by atoms with Gasteiger partial charge in [0.25, 0.3) is 0 Å². The summed E-state index contributed by atoms with van der Waals surface area (Å²) in [6.45, 7) is 5.30. The fourth-order valence-electron chi connectivity index (χ4n) is 4.77. The van der Waals surface area contributed by atoms with Crippen molar-refractivity contribution in [2.45, 2.75) is 45.6 Å². The molecule has 0 aliphatic heterocycles. The SMILES string of the molecule is NCCCCOc1cc(CN(Cc2ccccn2)Cc2cccs2)cc(CN(Cc2cccs2)c2ccccn2)c1. The fourth-order valence-corrected chi connectivity index (χ4v) is 6.24. The summed E-state index contributed by atoms with van der Waals surface area (Å²) >= 11 is 3.57. The van der Waals surface area contributed by atoms with E-state index in [-0.39, 0.29) is 0 Å². The Bertz CT molecular complexity index is 1410. The second kappa shape index (κ2) is 15.4. The lowest BCUT2D eigenvalue weighted by molar-refractivity contribution is 0.246. The van der Waals surface area contributed by atoms with Crippen molar-refractivity contribution in [3.05, 3.63) is 129 Å². The predicted molar refractivity (Wildman–Crippen MR) is 170 cm³/mol. The number of benzene rings is 1. The molecule has 0 fully saturated rings. The number of pyridine rings is 2. The molecule has 4 heterocycles. The molecule has 5 rings (SSSR count). The molecular weight excluding hydrogens is 547 g/mol. The third kappa shape index (κ3) is 9.23. The van der Waals surface area contributed by atoms with Crippen molar-refractivity contribution in [3.8, 4) is 5.75 Å². The van der Waals surface area contributed by atoms with Gasteiger partial charge in [-0.15, -0.1) is 22.7 Å². The average Bonchev–Trinajstić information content (AvgIpc) is 3.71. The van der Waals surface area contributed by atoms with Gasteiger partial charge in [-0.1, -0.05) is 30.3 Å². The van der Waals surface area contributed by atoms with Crippen molar-refractivity contribution < 1.29 is 4.74 Å². The first kappa shape index (κ1) is 29.0. The predicted octanol–water partition coefficient (Wildman–Crippen LogP) is 7.13. The minimum absolute atomic E-state index is 0.659. The summed E-state index contributed by atoms with van der Waals surface area (Å²) < 4.78 is 6.27. The van der Waals surface area contributed by atoms with Gasteiger partial charge in [0.15, 0.2) is 0 Å². The van der Waals surface area contributed by atoms with Crippen LogP contribution in [0.5, 0.6) is 5.75 Å². The molecule has 6 nitrogen and oxygen atoms in total. The highest BCUT2D eigenvalue weighted by molar-refractivity contribution is 7.10. The summed E-state index contributed by atoms with van der Waals surface area (Å²) in [6.07, 6.45) is 5.63. The van der Waals surface area contributed by atoms with E-state index in [9.17, 15) is 0 Å². The van der Waals surface area contributed by atoms with E-state index in [1.165, 1.54) is 20.9 Å². The fraction of sp³-hybridized carbons (Fsp3) is 0.273. The molecule has 0 spiro atoms. The van der Waals surface area contributed by atoms with Crippen molar-refractivity contribution in [1.82, 2.24) is 14.9 Å². The van der Waals surface area contributed by atoms with Crippen molar-refractivity contribution in [2.24, 2.45) is 5.73 Å². The van der Waals surface area contributed by atoms with Gasteiger partial charge in [-0.3, -0.25) is 9.88 Å². The number of thiophene rings is 2. The summed E-state index contributed by atoms with van der Waals surface area (Å²) in [5, 5.41) is 4.27. The lowest BCUT2D eigenvalue weighted by Crippen LogP contribution is -2.24. The molecular formula is C33H37N5OS2. The zero-order valence-electron chi connectivity index (χ0n) is 23.3. The van der Waals surface area contributed by atoms with E-state index in [1.807, 2.05) is 30.6 Å². The number of anilines is 1. The zero-order chi connectivity index (χ0) is 28.1. The molecule has 0 bridgehead atoms. The maximum atomic E-state index is 6.27. The molecule has 2 N–H and O–H groups in total. The molecule has 1 aromatic carbocycles. The number of hydrogen-bond donors (Lipinski definition) is 1. The van der Waals surface area contributed by atoms with Crippen LogP contribution < -0.4 is 15.4 Å². The number of nitrogens with two attached hydrogens (primary N) is 1. The van der Waals surface area contributed by atoms with Crippen LogP contribution in [-0.4, -0.2) is 28.0 Å². The lowest BCUT2D eigenvalue weighted by Gasteiger charge is -2.25. The number of unbranched alkanes of at least 4 members (excludes halogenated alkanes) is 1. The van der Waals surface area contributed by atoms with Gasteiger partial charge in [0.05, 0.1) is 18.8 Å². The molecule has 0 aliphatic rings. The van der Waals surface area contributed by atoms with Crippen LogP contribution in [0.1, 0.15) is 39.4 Å². The van der Waals surface area contributed by atoms with Crippen LogP contribution >= 0.6 is 22.7 Å². The van der Waals surface area contributed by atoms with Crippen LogP contribution in [0.4, 0.5) is 5.82 Å². The van der Waals surface area contributed by atoms with Crippen LogP contribution in [0.2, 0.25) is 0 Å². The number of rotatable bonds is 16. The highest BCUT2D eigenvalue weighted by Crippen LogP contribution is 2.26. The van der Waals surface area contributed by atoms with E-state index < -0.39 is 0 Å².